The van der Waals surface area contributed by atoms with Crippen molar-refractivity contribution < 1.29 is 13.9 Å². The predicted octanol–water partition coefficient (Wildman–Crippen LogP) is 2.54. The molecule has 0 radical (unpaired) electrons. The number of aryl methyl sites for hydroxylation is 2. The molecule has 0 saturated carbocycles. The van der Waals surface area contributed by atoms with E-state index in [4.69, 9.17) is 4.74 Å². The van der Waals surface area contributed by atoms with Gasteiger partial charge < -0.3 is 9.64 Å². The molecule has 3 rings (SSSR count). The van der Waals surface area contributed by atoms with E-state index < -0.39 is 5.82 Å². The van der Waals surface area contributed by atoms with Crippen LogP contribution in [0.3, 0.4) is 0 Å². The van der Waals surface area contributed by atoms with Gasteiger partial charge in [0, 0.05) is 33.6 Å². The fraction of sp³-hybridized carbons (Fsp3) is 0.300. The van der Waals surface area contributed by atoms with E-state index >= 15 is 0 Å². The first kappa shape index (κ1) is 18.7. The lowest BCUT2D eigenvalue weighted by Gasteiger charge is -2.18. The van der Waals surface area contributed by atoms with E-state index in [-0.39, 0.29) is 30.3 Å². The molecule has 2 aromatic carbocycles. The maximum absolute atomic E-state index is 13.8. The van der Waals surface area contributed by atoms with Crippen LogP contribution in [0.1, 0.15) is 12.0 Å². The van der Waals surface area contributed by atoms with Crippen molar-refractivity contribution in [3.8, 4) is 5.75 Å². The van der Waals surface area contributed by atoms with Gasteiger partial charge in [0.1, 0.15) is 0 Å². The number of imidazole rings is 1. The number of benzene rings is 2. The number of hydrogen-bond donors (Lipinski definition) is 0. The number of fused-ring (bicyclic) bond motifs is 1. The number of carbonyl (C=O) groups is 1. The first-order valence-electron chi connectivity index (χ1n) is 8.63. The van der Waals surface area contributed by atoms with Crippen molar-refractivity contribution in [2.45, 2.75) is 19.5 Å². The van der Waals surface area contributed by atoms with E-state index in [1.165, 1.54) is 18.1 Å². The summed E-state index contributed by atoms with van der Waals surface area (Å²) in [6.07, 6.45) is 0.184. The van der Waals surface area contributed by atoms with Crippen LogP contribution in [0.5, 0.6) is 5.75 Å². The summed E-state index contributed by atoms with van der Waals surface area (Å²) in [7, 11) is 4.78. The third-order valence-corrected chi connectivity index (χ3v) is 4.66. The van der Waals surface area contributed by atoms with Crippen molar-refractivity contribution in [1.82, 2.24) is 14.0 Å². The number of halogens is 1. The van der Waals surface area contributed by atoms with Crippen molar-refractivity contribution in [1.29, 1.82) is 0 Å². The average molecular weight is 371 g/mol. The molecule has 1 aromatic heterocycles. The van der Waals surface area contributed by atoms with E-state index in [0.29, 0.717) is 12.1 Å². The maximum atomic E-state index is 13.8. The fourth-order valence-electron chi connectivity index (χ4n) is 3.15. The molecule has 0 aliphatic rings. The van der Waals surface area contributed by atoms with E-state index in [9.17, 15) is 14.0 Å². The highest BCUT2D eigenvalue weighted by Gasteiger charge is 2.14. The Hall–Kier alpha value is -3.09. The molecule has 0 aliphatic carbocycles. The molecule has 27 heavy (non-hydrogen) atoms. The molecule has 0 bridgehead atoms. The van der Waals surface area contributed by atoms with Crippen LogP contribution in [-0.4, -0.2) is 34.1 Å². The molecule has 0 saturated heterocycles. The summed E-state index contributed by atoms with van der Waals surface area (Å²) in [6, 6.07) is 12.1. The number of hydrogen-bond acceptors (Lipinski definition) is 3. The fourth-order valence-corrected chi connectivity index (χ4v) is 3.15. The minimum Gasteiger partial charge on any atom is -0.494 e. The van der Waals surface area contributed by atoms with Gasteiger partial charge in [0.25, 0.3) is 0 Å². The van der Waals surface area contributed by atoms with E-state index in [2.05, 4.69) is 0 Å². The Labute approximate surface area is 156 Å². The molecule has 1 heterocycles. The van der Waals surface area contributed by atoms with Gasteiger partial charge in [-0.25, -0.2) is 9.18 Å². The summed E-state index contributed by atoms with van der Waals surface area (Å²) >= 11 is 0. The number of ether oxygens (including phenoxy) is 1. The van der Waals surface area contributed by atoms with E-state index in [0.717, 1.165) is 11.0 Å². The van der Waals surface area contributed by atoms with Crippen molar-refractivity contribution in [2.24, 2.45) is 7.05 Å². The summed E-state index contributed by atoms with van der Waals surface area (Å²) in [5, 5.41) is 0. The highest BCUT2D eigenvalue weighted by molar-refractivity contribution is 5.77. The SMILES string of the molecule is COc1ccc(CN(C)C(=O)CCn2c(=O)n(C)c3ccccc32)cc1F. The first-order chi connectivity index (χ1) is 12.9. The van der Waals surface area contributed by atoms with E-state index in [1.807, 2.05) is 24.3 Å². The van der Waals surface area contributed by atoms with Crippen LogP contribution < -0.4 is 10.4 Å². The zero-order valence-corrected chi connectivity index (χ0v) is 15.6. The highest BCUT2D eigenvalue weighted by Crippen LogP contribution is 2.19. The quantitative estimate of drug-likeness (QED) is 0.669. The molecule has 142 valence electrons. The highest BCUT2D eigenvalue weighted by atomic mass is 19.1. The van der Waals surface area contributed by atoms with Crippen LogP contribution in [0.2, 0.25) is 0 Å². The van der Waals surface area contributed by atoms with Crippen LogP contribution in [0.15, 0.2) is 47.3 Å². The Kier molecular flexibility index (Phi) is 5.30. The van der Waals surface area contributed by atoms with Crippen LogP contribution in [0, 0.1) is 5.82 Å². The summed E-state index contributed by atoms with van der Waals surface area (Å²) in [4.78, 5) is 26.4. The lowest BCUT2D eigenvalue weighted by atomic mass is 10.2. The van der Waals surface area contributed by atoms with Gasteiger partial charge in [-0.2, -0.15) is 0 Å². The Morgan fingerprint density at radius 1 is 1.19 bits per heavy atom. The molecule has 0 aliphatic heterocycles. The second kappa shape index (κ2) is 7.65. The molecule has 7 heteroatoms. The van der Waals surface area contributed by atoms with Gasteiger partial charge in [-0.05, 0) is 29.8 Å². The van der Waals surface area contributed by atoms with Gasteiger partial charge in [0.05, 0.1) is 18.1 Å². The summed E-state index contributed by atoms with van der Waals surface area (Å²) in [6.45, 7) is 0.574. The molecular formula is C20H22FN3O3. The zero-order chi connectivity index (χ0) is 19.6. The van der Waals surface area contributed by atoms with Gasteiger partial charge in [0.15, 0.2) is 11.6 Å². The second-order valence-corrected chi connectivity index (χ2v) is 6.45. The minimum absolute atomic E-state index is 0.119. The van der Waals surface area contributed by atoms with Crippen LogP contribution >= 0.6 is 0 Å². The number of carbonyl (C=O) groups excluding carboxylic acids is 1. The summed E-state index contributed by atoms with van der Waals surface area (Å²) in [5.74, 6) is -0.410. The monoisotopic (exact) mass is 371 g/mol. The predicted molar refractivity (Wildman–Crippen MR) is 101 cm³/mol. The van der Waals surface area contributed by atoms with Crippen LogP contribution in [-0.2, 0) is 24.9 Å². The molecule has 6 nitrogen and oxygen atoms in total. The van der Waals surface area contributed by atoms with Gasteiger partial charge in [-0.15, -0.1) is 0 Å². The molecule has 0 unspecified atom stereocenters. The van der Waals surface area contributed by atoms with Gasteiger partial charge in [0.2, 0.25) is 5.91 Å². The van der Waals surface area contributed by atoms with Gasteiger partial charge in [-0.1, -0.05) is 18.2 Å². The van der Waals surface area contributed by atoms with Gasteiger partial charge >= 0.3 is 5.69 Å². The topological polar surface area (TPSA) is 56.5 Å². The van der Waals surface area contributed by atoms with Crippen LogP contribution in [0.25, 0.3) is 11.0 Å². The summed E-state index contributed by atoms with van der Waals surface area (Å²) in [5.41, 5.74) is 2.16. The Balaban J connectivity index is 1.68. The number of aromatic nitrogens is 2. The third-order valence-electron chi connectivity index (χ3n) is 4.66. The van der Waals surface area contributed by atoms with Crippen molar-refractivity contribution >= 4 is 16.9 Å². The normalized spacial score (nSPS) is 11.0. The van der Waals surface area contributed by atoms with Crippen molar-refractivity contribution in [3.05, 3.63) is 64.3 Å². The molecule has 0 atom stereocenters. The molecule has 1 amide bonds. The first-order valence-corrected chi connectivity index (χ1v) is 8.63. The third kappa shape index (κ3) is 3.72. The largest absolute Gasteiger partial charge is 0.494 e. The van der Waals surface area contributed by atoms with E-state index in [1.54, 1.807) is 35.4 Å². The Bertz CT molecular complexity index is 1040. The Morgan fingerprint density at radius 3 is 2.56 bits per heavy atom. The van der Waals surface area contributed by atoms with Gasteiger partial charge in [-0.3, -0.25) is 13.9 Å². The zero-order valence-electron chi connectivity index (χ0n) is 15.6. The van der Waals surface area contributed by atoms with Crippen LogP contribution in [0.4, 0.5) is 4.39 Å². The smallest absolute Gasteiger partial charge is 0.328 e. The Morgan fingerprint density at radius 2 is 1.89 bits per heavy atom. The lowest BCUT2D eigenvalue weighted by molar-refractivity contribution is -0.130. The molecule has 3 aromatic rings. The number of para-hydroxylation sites is 2. The molecule has 0 spiro atoms. The molecule has 0 N–H and O–H groups in total. The lowest BCUT2D eigenvalue weighted by Crippen LogP contribution is -2.29. The number of methoxy groups -OCH3 is 1. The van der Waals surface area contributed by atoms with Crippen molar-refractivity contribution in [3.63, 3.8) is 0 Å². The second-order valence-electron chi connectivity index (χ2n) is 6.45. The van der Waals surface area contributed by atoms with Crippen molar-refractivity contribution in [2.75, 3.05) is 14.2 Å². The molecular weight excluding hydrogens is 349 g/mol. The minimum atomic E-state index is -0.460. The number of nitrogens with zero attached hydrogens (tertiary/aromatic N) is 3. The maximum Gasteiger partial charge on any atom is 0.328 e. The molecule has 0 fully saturated rings. The number of amides is 1. The summed E-state index contributed by atoms with van der Waals surface area (Å²) < 4.78 is 21.9. The standard InChI is InChI=1S/C20H22FN3O3/c1-22(13-14-8-9-18(27-3)15(21)12-14)19(25)10-11-24-17-7-5-4-6-16(17)23(2)20(24)26/h4-9,12H,10-11,13H2,1-3H3. The number of rotatable bonds is 6. The average Bonchev–Trinajstić information content (AvgIpc) is 2.91.